The molecule has 4 aromatic heterocycles. The number of hydrogen-bond donors (Lipinski definition) is 0. The Balaban J connectivity index is 0.963. The summed E-state index contributed by atoms with van der Waals surface area (Å²) >= 11 is 1.81. The van der Waals surface area contributed by atoms with Crippen molar-refractivity contribution in [1.82, 2.24) is 4.40 Å². The van der Waals surface area contributed by atoms with Gasteiger partial charge in [-0.05, 0) is 100 Å². The van der Waals surface area contributed by atoms with Crippen molar-refractivity contribution in [3.8, 4) is 33.4 Å². The van der Waals surface area contributed by atoms with Crippen LogP contribution >= 0.6 is 11.3 Å². The van der Waals surface area contributed by atoms with E-state index in [-0.39, 0.29) is 5.43 Å². The van der Waals surface area contributed by atoms with E-state index in [1.165, 1.54) is 80.5 Å². The number of aromatic nitrogens is 1. The summed E-state index contributed by atoms with van der Waals surface area (Å²) in [6.45, 7) is 0. The summed E-state index contributed by atoms with van der Waals surface area (Å²) in [4.78, 5) is 13.4. The first-order chi connectivity index (χ1) is 26.2. The topological polar surface area (TPSA) is 34.6 Å². The van der Waals surface area contributed by atoms with Gasteiger partial charge in [0.15, 0.2) is 0 Å². The molecule has 0 amide bonds. The fourth-order valence-electron chi connectivity index (χ4n) is 8.61. The molecule has 12 aromatic rings. The van der Waals surface area contributed by atoms with Crippen molar-refractivity contribution in [2.24, 2.45) is 0 Å². The molecule has 246 valence electrons. The number of rotatable bonds is 3. The summed E-state index contributed by atoms with van der Waals surface area (Å²) in [5.41, 5.74) is 11.8. The van der Waals surface area contributed by atoms with Crippen molar-refractivity contribution >= 4 is 91.5 Å². The van der Waals surface area contributed by atoms with E-state index in [4.69, 9.17) is 4.42 Å². The van der Waals surface area contributed by atoms with Gasteiger partial charge in [-0.2, -0.15) is 0 Å². The van der Waals surface area contributed by atoms with Crippen molar-refractivity contribution in [3.05, 3.63) is 174 Å². The summed E-state index contributed by atoms with van der Waals surface area (Å²) in [7, 11) is 0. The minimum Gasteiger partial charge on any atom is -0.456 e. The SMILES string of the molecule is O=c1c2ccccc2oc2ccc(-c3ccc4sc5ccc(-c6cccc(-c7ccc8c9cccc%10c%11ccccc%11n(c8c7)c%109)c6)cc5c4c3)cc12. The normalized spacial score (nSPS) is 12.2. The minimum absolute atomic E-state index is 0.00173. The van der Waals surface area contributed by atoms with Crippen LogP contribution in [0.3, 0.4) is 0 Å². The van der Waals surface area contributed by atoms with Gasteiger partial charge in [0.05, 0.1) is 27.3 Å². The lowest BCUT2D eigenvalue weighted by atomic mass is 9.96. The fraction of sp³-hybridized carbons (Fsp3) is 0. The molecular formula is C49H27NO2S. The number of hydrogen-bond acceptors (Lipinski definition) is 3. The van der Waals surface area contributed by atoms with Crippen LogP contribution in [0.25, 0.3) is 114 Å². The molecule has 0 unspecified atom stereocenters. The monoisotopic (exact) mass is 693 g/mol. The van der Waals surface area contributed by atoms with Gasteiger partial charge in [-0.25, -0.2) is 0 Å². The zero-order valence-electron chi connectivity index (χ0n) is 28.3. The highest BCUT2D eigenvalue weighted by Gasteiger charge is 2.18. The third-order valence-corrected chi connectivity index (χ3v) is 12.3. The Bertz CT molecular complexity index is 3550. The zero-order chi connectivity index (χ0) is 34.8. The Morgan fingerprint density at radius 3 is 1.66 bits per heavy atom. The fourth-order valence-corrected chi connectivity index (χ4v) is 9.67. The Hall–Kier alpha value is -6.75. The van der Waals surface area contributed by atoms with Crippen molar-refractivity contribution < 1.29 is 4.42 Å². The second kappa shape index (κ2) is 10.6. The maximum Gasteiger partial charge on any atom is 0.200 e. The molecule has 4 heteroatoms. The zero-order valence-corrected chi connectivity index (χ0v) is 29.1. The molecule has 4 heterocycles. The van der Waals surface area contributed by atoms with Gasteiger partial charge in [0.1, 0.15) is 11.2 Å². The first-order valence-corrected chi connectivity index (χ1v) is 18.7. The van der Waals surface area contributed by atoms with Crippen LogP contribution in [0.4, 0.5) is 0 Å². The Morgan fingerprint density at radius 1 is 0.377 bits per heavy atom. The van der Waals surface area contributed by atoms with Gasteiger partial charge >= 0.3 is 0 Å². The van der Waals surface area contributed by atoms with Crippen molar-refractivity contribution in [3.63, 3.8) is 0 Å². The second-order valence-electron chi connectivity index (χ2n) is 14.0. The standard InChI is InChI=1S/C49H27NO2S/c51-49-38-10-2-4-14-44(38)52-45-20-16-30(26-41(45)49)32-18-22-47-40(25-32)39-24-31(17-21-46(39)53-47)28-7-5-8-29(23-28)33-15-19-35-37-12-6-11-36-34-9-1-3-13-42(34)50(48(36)37)43(35)27-33/h1-27H. The van der Waals surface area contributed by atoms with Crippen LogP contribution in [0, 0.1) is 0 Å². The number of para-hydroxylation sites is 3. The molecule has 0 spiro atoms. The third-order valence-electron chi connectivity index (χ3n) is 11.1. The van der Waals surface area contributed by atoms with Gasteiger partial charge in [0.25, 0.3) is 0 Å². The van der Waals surface area contributed by atoms with Crippen LogP contribution in [-0.4, -0.2) is 4.40 Å². The molecule has 0 atom stereocenters. The van der Waals surface area contributed by atoms with Gasteiger partial charge < -0.3 is 8.82 Å². The van der Waals surface area contributed by atoms with Crippen LogP contribution in [0.15, 0.2) is 173 Å². The maximum absolute atomic E-state index is 13.4. The van der Waals surface area contributed by atoms with Gasteiger partial charge in [-0.1, -0.05) is 97.1 Å². The smallest absolute Gasteiger partial charge is 0.200 e. The summed E-state index contributed by atoms with van der Waals surface area (Å²) in [6, 6.07) is 58.1. The molecule has 0 fully saturated rings. The van der Waals surface area contributed by atoms with E-state index in [0.29, 0.717) is 21.9 Å². The minimum atomic E-state index is -0.00173. The number of benzene rings is 8. The van der Waals surface area contributed by atoms with E-state index in [1.54, 1.807) is 0 Å². The number of thiophene rings is 1. The number of nitrogens with zero attached hydrogens (tertiary/aromatic N) is 1. The van der Waals surface area contributed by atoms with Crippen LogP contribution in [0.2, 0.25) is 0 Å². The van der Waals surface area contributed by atoms with Crippen LogP contribution in [0.5, 0.6) is 0 Å². The summed E-state index contributed by atoms with van der Waals surface area (Å²) in [5, 5.41) is 8.84. The quantitative estimate of drug-likeness (QED) is 0.173. The molecule has 0 aliphatic rings. The number of fused-ring (bicyclic) bond motifs is 11. The molecule has 0 saturated heterocycles. The molecule has 0 aliphatic heterocycles. The molecule has 12 rings (SSSR count). The van der Waals surface area contributed by atoms with Crippen molar-refractivity contribution in [2.75, 3.05) is 0 Å². The van der Waals surface area contributed by atoms with E-state index < -0.39 is 0 Å². The van der Waals surface area contributed by atoms with E-state index >= 15 is 0 Å². The van der Waals surface area contributed by atoms with Crippen molar-refractivity contribution in [1.29, 1.82) is 0 Å². The van der Waals surface area contributed by atoms with E-state index in [0.717, 1.165) is 11.1 Å². The highest BCUT2D eigenvalue weighted by molar-refractivity contribution is 7.25. The van der Waals surface area contributed by atoms with Crippen LogP contribution in [0.1, 0.15) is 0 Å². The average Bonchev–Trinajstić information content (AvgIpc) is 3.87. The lowest BCUT2D eigenvalue weighted by molar-refractivity contribution is 0.660. The van der Waals surface area contributed by atoms with Crippen molar-refractivity contribution in [2.45, 2.75) is 0 Å². The highest BCUT2D eigenvalue weighted by Crippen LogP contribution is 2.42. The maximum atomic E-state index is 13.4. The summed E-state index contributed by atoms with van der Waals surface area (Å²) in [6.07, 6.45) is 0. The Morgan fingerprint density at radius 2 is 0.906 bits per heavy atom. The van der Waals surface area contributed by atoms with Crippen LogP contribution < -0.4 is 5.43 Å². The van der Waals surface area contributed by atoms with Gasteiger partial charge in [0, 0.05) is 41.7 Å². The molecule has 0 bridgehead atoms. The predicted octanol–water partition coefficient (Wildman–Crippen LogP) is 13.5. The van der Waals surface area contributed by atoms with Gasteiger partial charge in [-0.15, -0.1) is 11.3 Å². The van der Waals surface area contributed by atoms with E-state index in [2.05, 4.69) is 126 Å². The Labute approximate surface area is 306 Å². The van der Waals surface area contributed by atoms with Gasteiger partial charge in [0.2, 0.25) is 5.43 Å². The first kappa shape index (κ1) is 28.9. The first-order valence-electron chi connectivity index (χ1n) is 17.9. The Kier molecular flexibility index (Phi) is 5.80. The third kappa shape index (κ3) is 4.12. The lowest BCUT2D eigenvalue weighted by Gasteiger charge is -2.08. The molecular weight excluding hydrogens is 667 g/mol. The van der Waals surface area contributed by atoms with E-state index in [1.807, 2.05) is 53.8 Å². The largest absolute Gasteiger partial charge is 0.456 e. The van der Waals surface area contributed by atoms with E-state index in [9.17, 15) is 4.79 Å². The van der Waals surface area contributed by atoms with Gasteiger partial charge in [-0.3, -0.25) is 4.79 Å². The summed E-state index contributed by atoms with van der Waals surface area (Å²) in [5.74, 6) is 0. The molecule has 0 N–H and O–H groups in total. The molecule has 0 radical (unpaired) electrons. The molecule has 0 saturated carbocycles. The second-order valence-corrected chi connectivity index (χ2v) is 15.1. The molecule has 0 aliphatic carbocycles. The average molecular weight is 694 g/mol. The molecule has 3 nitrogen and oxygen atoms in total. The lowest BCUT2D eigenvalue weighted by Crippen LogP contribution is -2.01. The predicted molar refractivity (Wildman–Crippen MR) is 224 cm³/mol. The molecule has 8 aromatic carbocycles. The molecule has 53 heavy (non-hydrogen) atoms. The highest BCUT2D eigenvalue weighted by atomic mass is 32.1. The van der Waals surface area contributed by atoms with Crippen LogP contribution in [-0.2, 0) is 0 Å². The summed E-state index contributed by atoms with van der Waals surface area (Å²) < 4.78 is 11.0.